The van der Waals surface area contributed by atoms with E-state index in [4.69, 9.17) is 11.6 Å². The largest absolute Gasteiger partial charge is 0.365 e. The van der Waals surface area contributed by atoms with Gasteiger partial charge in [-0.1, -0.05) is 36.7 Å². The molecule has 0 aliphatic carbocycles. The molecular weight excluding hydrogens is 300 g/mol. The third-order valence-corrected chi connectivity index (χ3v) is 4.67. The molecule has 3 rings (SSSR count). The van der Waals surface area contributed by atoms with Crippen LogP contribution in [0, 0.1) is 12.8 Å². The van der Waals surface area contributed by atoms with Gasteiger partial charge in [0.1, 0.15) is 10.7 Å². The Balaban J connectivity index is 1.95. The van der Waals surface area contributed by atoms with Crippen LogP contribution in [0.3, 0.4) is 0 Å². The molecule has 2 heterocycles. The summed E-state index contributed by atoms with van der Waals surface area (Å²) in [6.07, 6.45) is 2.16. The molecule has 0 radical (unpaired) electrons. The number of hydrogen-bond acceptors (Lipinski definition) is 3. The van der Waals surface area contributed by atoms with Crippen molar-refractivity contribution in [1.29, 1.82) is 0 Å². The Bertz CT molecular complexity index is 668. The number of aryl methyl sites for hydroxylation is 1. The molecule has 1 unspecified atom stereocenters. The number of hydrogen-bond donors (Lipinski definition) is 0. The van der Waals surface area contributed by atoms with Crippen molar-refractivity contribution < 1.29 is 9.59 Å². The van der Waals surface area contributed by atoms with Crippen molar-refractivity contribution in [2.75, 3.05) is 18.0 Å². The number of piperidine rings is 1. The maximum absolute atomic E-state index is 12.8. The Morgan fingerprint density at radius 1 is 1.18 bits per heavy atom. The summed E-state index contributed by atoms with van der Waals surface area (Å²) in [5.74, 6) is -0.228. The first kappa shape index (κ1) is 15.1. The molecule has 4 nitrogen and oxygen atoms in total. The molecule has 2 amide bonds. The molecule has 1 atom stereocenters. The van der Waals surface area contributed by atoms with Gasteiger partial charge in [0.05, 0.1) is 5.69 Å². The van der Waals surface area contributed by atoms with Gasteiger partial charge in [0.25, 0.3) is 11.8 Å². The van der Waals surface area contributed by atoms with Gasteiger partial charge in [0, 0.05) is 13.1 Å². The van der Waals surface area contributed by atoms with Crippen LogP contribution in [-0.2, 0) is 9.59 Å². The average Bonchev–Trinajstić information content (AvgIpc) is 2.70. The van der Waals surface area contributed by atoms with Gasteiger partial charge in [-0.05, 0) is 37.3 Å². The zero-order valence-electron chi connectivity index (χ0n) is 12.8. The highest BCUT2D eigenvalue weighted by molar-refractivity contribution is 6.52. The van der Waals surface area contributed by atoms with Gasteiger partial charge in [-0.2, -0.15) is 0 Å². The van der Waals surface area contributed by atoms with Crippen molar-refractivity contribution in [2.24, 2.45) is 5.92 Å². The topological polar surface area (TPSA) is 40.6 Å². The summed E-state index contributed by atoms with van der Waals surface area (Å²) in [6.45, 7) is 5.58. The second-order valence-electron chi connectivity index (χ2n) is 6.09. The number of para-hydroxylation sites is 1. The molecule has 2 aliphatic rings. The van der Waals surface area contributed by atoms with Crippen LogP contribution in [0.1, 0.15) is 25.3 Å². The fraction of sp³-hybridized carbons (Fsp3) is 0.412. The predicted molar refractivity (Wildman–Crippen MR) is 86.5 cm³/mol. The monoisotopic (exact) mass is 318 g/mol. The van der Waals surface area contributed by atoms with Crippen molar-refractivity contribution in [3.8, 4) is 0 Å². The summed E-state index contributed by atoms with van der Waals surface area (Å²) >= 11 is 6.23. The third kappa shape index (κ3) is 2.41. The zero-order valence-corrected chi connectivity index (χ0v) is 13.6. The molecule has 1 saturated heterocycles. The second-order valence-corrected chi connectivity index (χ2v) is 6.47. The highest BCUT2D eigenvalue weighted by Gasteiger charge is 2.42. The van der Waals surface area contributed by atoms with Crippen LogP contribution in [0.15, 0.2) is 35.0 Å². The minimum Gasteiger partial charge on any atom is -0.365 e. The molecule has 1 aromatic rings. The van der Waals surface area contributed by atoms with Gasteiger partial charge >= 0.3 is 0 Å². The van der Waals surface area contributed by atoms with Crippen molar-refractivity contribution in [1.82, 2.24) is 4.90 Å². The third-order valence-electron chi connectivity index (χ3n) is 4.33. The minimum atomic E-state index is -0.422. The highest BCUT2D eigenvalue weighted by atomic mass is 35.5. The number of carbonyl (C=O) groups excluding carboxylic acids is 2. The molecule has 0 spiro atoms. The summed E-state index contributed by atoms with van der Waals surface area (Å²) < 4.78 is 0. The average molecular weight is 319 g/mol. The molecule has 1 aromatic carbocycles. The van der Waals surface area contributed by atoms with Crippen molar-refractivity contribution in [3.63, 3.8) is 0 Å². The highest BCUT2D eigenvalue weighted by Crippen LogP contribution is 2.34. The van der Waals surface area contributed by atoms with Crippen molar-refractivity contribution in [3.05, 3.63) is 40.6 Å². The molecule has 5 heteroatoms. The van der Waals surface area contributed by atoms with Gasteiger partial charge in [0.15, 0.2) is 0 Å². The zero-order chi connectivity index (χ0) is 15.9. The smallest absolute Gasteiger partial charge is 0.283 e. The summed E-state index contributed by atoms with van der Waals surface area (Å²) in [7, 11) is 0. The molecule has 0 aromatic heterocycles. The maximum atomic E-state index is 12.8. The minimum absolute atomic E-state index is 0.0438. The Morgan fingerprint density at radius 2 is 1.91 bits per heavy atom. The van der Waals surface area contributed by atoms with E-state index in [1.165, 1.54) is 4.90 Å². The van der Waals surface area contributed by atoms with E-state index < -0.39 is 5.91 Å². The van der Waals surface area contributed by atoms with E-state index in [2.05, 4.69) is 6.92 Å². The molecule has 2 aliphatic heterocycles. The number of benzene rings is 1. The quantitative estimate of drug-likeness (QED) is 0.787. The van der Waals surface area contributed by atoms with Gasteiger partial charge < -0.3 is 4.90 Å². The van der Waals surface area contributed by atoms with Gasteiger partial charge in [-0.3, -0.25) is 9.59 Å². The van der Waals surface area contributed by atoms with Crippen LogP contribution < -0.4 is 4.90 Å². The Hall–Kier alpha value is -1.81. The van der Waals surface area contributed by atoms with E-state index in [1.807, 2.05) is 30.0 Å². The first-order valence-electron chi connectivity index (χ1n) is 7.60. The van der Waals surface area contributed by atoms with E-state index in [9.17, 15) is 9.59 Å². The van der Waals surface area contributed by atoms with Gasteiger partial charge in [0.2, 0.25) is 0 Å². The summed E-state index contributed by atoms with van der Waals surface area (Å²) in [5, 5.41) is 0.0438. The molecule has 22 heavy (non-hydrogen) atoms. The van der Waals surface area contributed by atoms with Gasteiger partial charge in [-0.15, -0.1) is 0 Å². The summed E-state index contributed by atoms with van der Waals surface area (Å²) in [5.41, 5.74) is 1.85. The van der Waals surface area contributed by atoms with E-state index in [0.29, 0.717) is 17.3 Å². The Kier molecular flexibility index (Phi) is 3.96. The molecule has 0 bridgehead atoms. The molecule has 116 valence electrons. The van der Waals surface area contributed by atoms with Crippen LogP contribution in [0.5, 0.6) is 0 Å². The standard InChI is InChI=1S/C17H19ClN2O2/c1-11-6-5-9-19(10-11)15-14(18)16(21)20(17(15)22)13-8-4-3-7-12(13)2/h3-4,7-8,11H,5-6,9-10H2,1-2H3. The van der Waals surface area contributed by atoms with E-state index in [1.54, 1.807) is 6.07 Å². The number of amides is 2. The summed E-state index contributed by atoms with van der Waals surface area (Å²) in [4.78, 5) is 28.5. The predicted octanol–water partition coefficient (Wildman–Crippen LogP) is 3.05. The van der Waals surface area contributed by atoms with E-state index in [0.717, 1.165) is 31.5 Å². The molecular formula is C17H19ClN2O2. The molecule has 0 N–H and O–H groups in total. The maximum Gasteiger partial charge on any atom is 0.283 e. The lowest BCUT2D eigenvalue weighted by molar-refractivity contribution is -0.121. The molecule has 0 saturated carbocycles. The van der Waals surface area contributed by atoms with Crippen LogP contribution >= 0.6 is 11.6 Å². The first-order valence-corrected chi connectivity index (χ1v) is 7.97. The SMILES string of the molecule is Cc1ccccc1N1C(=O)C(Cl)=C(N2CCCC(C)C2)C1=O. The van der Waals surface area contributed by atoms with Crippen LogP contribution in [-0.4, -0.2) is 29.8 Å². The lowest BCUT2D eigenvalue weighted by atomic mass is 10.00. The normalized spacial score (nSPS) is 22.8. The Morgan fingerprint density at radius 3 is 2.59 bits per heavy atom. The number of imide groups is 1. The number of anilines is 1. The van der Waals surface area contributed by atoms with Crippen molar-refractivity contribution in [2.45, 2.75) is 26.7 Å². The number of halogens is 1. The van der Waals surface area contributed by atoms with Crippen LogP contribution in [0.25, 0.3) is 0 Å². The van der Waals surface area contributed by atoms with Crippen LogP contribution in [0.2, 0.25) is 0 Å². The Labute approximate surface area is 135 Å². The lowest BCUT2D eigenvalue weighted by Crippen LogP contribution is -2.39. The first-order chi connectivity index (χ1) is 10.5. The second kappa shape index (κ2) is 5.76. The number of likely N-dealkylation sites (tertiary alicyclic amines) is 1. The number of rotatable bonds is 2. The lowest BCUT2D eigenvalue weighted by Gasteiger charge is -2.33. The summed E-state index contributed by atoms with van der Waals surface area (Å²) in [6, 6.07) is 7.35. The number of carbonyl (C=O) groups is 2. The van der Waals surface area contributed by atoms with E-state index >= 15 is 0 Å². The fourth-order valence-corrected chi connectivity index (χ4v) is 3.48. The fourth-order valence-electron chi connectivity index (χ4n) is 3.19. The van der Waals surface area contributed by atoms with Crippen molar-refractivity contribution >= 4 is 29.1 Å². The van der Waals surface area contributed by atoms with E-state index in [-0.39, 0.29) is 10.9 Å². The molecule has 1 fully saturated rings. The van der Waals surface area contributed by atoms with Gasteiger partial charge in [-0.25, -0.2) is 4.90 Å². The van der Waals surface area contributed by atoms with Crippen LogP contribution in [0.4, 0.5) is 5.69 Å². The number of nitrogens with zero attached hydrogens (tertiary/aromatic N) is 2.